The summed E-state index contributed by atoms with van der Waals surface area (Å²) in [6, 6.07) is 8.03. The molecule has 12 heteroatoms. The molecule has 176 valence electrons. The molecule has 4 rings (SSSR count). The summed E-state index contributed by atoms with van der Waals surface area (Å²) in [5, 5.41) is 13.2. The quantitative estimate of drug-likeness (QED) is 0.430. The maximum Gasteiger partial charge on any atom is 0.280 e. The van der Waals surface area contributed by atoms with E-state index in [1.54, 1.807) is 24.3 Å². The molecule has 0 saturated carbocycles. The molecule has 0 aliphatic heterocycles. The lowest BCUT2D eigenvalue weighted by Crippen LogP contribution is -2.21. The Labute approximate surface area is 192 Å². The highest BCUT2D eigenvalue weighted by atomic mass is 19.3. The molecule has 10 nitrogen and oxygen atoms in total. The van der Waals surface area contributed by atoms with E-state index >= 15 is 0 Å². The Morgan fingerprint density at radius 3 is 2.65 bits per heavy atom. The van der Waals surface area contributed by atoms with E-state index in [4.69, 9.17) is 4.74 Å². The number of carbonyl (C=O) groups is 2. The van der Waals surface area contributed by atoms with Gasteiger partial charge in [0.1, 0.15) is 17.0 Å². The number of nitrogens with zero attached hydrogens (tertiary/aromatic N) is 5. The van der Waals surface area contributed by atoms with Gasteiger partial charge in [0.2, 0.25) is 0 Å². The monoisotopic (exact) mass is 469 g/mol. The second-order valence-electron chi connectivity index (χ2n) is 7.14. The number of anilines is 1. The van der Waals surface area contributed by atoms with E-state index in [0.717, 1.165) is 10.7 Å². The number of aryl methyl sites for hydroxylation is 1. The molecule has 34 heavy (non-hydrogen) atoms. The van der Waals surface area contributed by atoms with Gasteiger partial charge in [0, 0.05) is 25.4 Å². The lowest BCUT2D eigenvalue weighted by Gasteiger charge is -2.11. The maximum atomic E-state index is 13.9. The zero-order valence-corrected chi connectivity index (χ0v) is 18.5. The molecule has 0 radical (unpaired) electrons. The standard InChI is InChI=1S/C22H21F2N7O3/c1-4-30-11-15(18(29-30)22(33)25-2)28-21(32)13-10-26-31-16(19(23)24)9-14(27-20(13)31)12-7-5-6-8-17(12)34-3/h5-11,19H,4H2,1-3H3,(H,25,33)(H,28,32). The van der Waals surface area contributed by atoms with Crippen molar-refractivity contribution in [3.63, 3.8) is 0 Å². The Morgan fingerprint density at radius 2 is 1.97 bits per heavy atom. The summed E-state index contributed by atoms with van der Waals surface area (Å²) in [6.07, 6.45) is -0.219. The van der Waals surface area contributed by atoms with Crippen molar-refractivity contribution in [2.24, 2.45) is 0 Å². The molecule has 3 heterocycles. The van der Waals surface area contributed by atoms with Crippen molar-refractivity contribution >= 4 is 23.1 Å². The zero-order valence-electron chi connectivity index (χ0n) is 18.5. The Bertz CT molecular complexity index is 1380. The van der Waals surface area contributed by atoms with Crippen molar-refractivity contribution in [1.29, 1.82) is 0 Å². The molecule has 1 aromatic carbocycles. The van der Waals surface area contributed by atoms with E-state index in [-0.39, 0.29) is 28.3 Å². The van der Waals surface area contributed by atoms with Crippen LogP contribution in [0.5, 0.6) is 5.75 Å². The first kappa shape index (κ1) is 22.8. The van der Waals surface area contributed by atoms with Gasteiger partial charge in [-0.05, 0) is 25.1 Å². The summed E-state index contributed by atoms with van der Waals surface area (Å²) in [4.78, 5) is 29.7. The predicted molar refractivity (Wildman–Crippen MR) is 119 cm³/mol. The van der Waals surface area contributed by atoms with Gasteiger partial charge in [-0.15, -0.1) is 0 Å². The number of amides is 2. The number of nitrogens with one attached hydrogen (secondary N) is 2. The van der Waals surface area contributed by atoms with Crippen LogP contribution in [0.1, 0.15) is 39.9 Å². The van der Waals surface area contributed by atoms with Crippen LogP contribution in [-0.4, -0.2) is 50.4 Å². The van der Waals surface area contributed by atoms with Crippen molar-refractivity contribution in [1.82, 2.24) is 29.7 Å². The van der Waals surface area contributed by atoms with Gasteiger partial charge in [0.05, 0.1) is 24.7 Å². The molecule has 0 aliphatic carbocycles. The number of halogens is 2. The van der Waals surface area contributed by atoms with Crippen molar-refractivity contribution in [3.05, 3.63) is 59.7 Å². The minimum Gasteiger partial charge on any atom is -0.496 e. The molecule has 0 fully saturated rings. The average molecular weight is 469 g/mol. The molecule has 0 saturated heterocycles. The number of rotatable bonds is 7. The highest BCUT2D eigenvalue weighted by molar-refractivity contribution is 6.11. The van der Waals surface area contributed by atoms with Crippen LogP contribution in [-0.2, 0) is 6.54 Å². The van der Waals surface area contributed by atoms with Crippen molar-refractivity contribution < 1.29 is 23.1 Å². The average Bonchev–Trinajstić information content (AvgIpc) is 3.46. The van der Waals surface area contributed by atoms with E-state index < -0.39 is 23.9 Å². The summed E-state index contributed by atoms with van der Waals surface area (Å²) < 4.78 is 35.5. The van der Waals surface area contributed by atoms with Gasteiger partial charge in [-0.3, -0.25) is 14.3 Å². The number of aromatic nitrogens is 5. The number of fused-ring (bicyclic) bond motifs is 1. The molecule has 0 unspecified atom stereocenters. The molecular weight excluding hydrogens is 448 g/mol. The Morgan fingerprint density at radius 1 is 1.21 bits per heavy atom. The van der Waals surface area contributed by atoms with Crippen LogP contribution < -0.4 is 15.4 Å². The van der Waals surface area contributed by atoms with Gasteiger partial charge < -0.3 is 15.4 Å². The second kappa shape index (κ2) is 9.25. The molecule has 2 amide bonds. The van der Waals surface area contributed by atoms with E-state index in [0.29, 0.717) is 17.9 Å². The van der Waals surface area contributed by atoms with E-state index in [9.17, 15) is 18.4 Å². The van der Waals surface area contributed by atoms with Crippen molar-refractivity contribution in [3.8, 4) is 17.0 Å². The van der Waals surface area contributed by atoms with Crippen LogP contribution in [0.4, 0.5) is 14.5 Å². The van der Waals surface area contributed by atoms with E-state index in [1.165, 1.54) is 31.1 Å². The summed E-state index contributed by atoms with van der Waals surface area (Å²) >= 11 is 0. The van der Waals surface area contributed by atoms with Gasteiger partial charge in [0.25, 0.3) is 18.2 Å². The Kier molecular flexibility index (Phi) is 6.21. The van der Waals surface area contributed by atoms with Crippen LogP contribution in [0.15, 0.2) is 42.7 Å². The summed E-state index contributed by atoms with van der Waals surface area (Å²) in [5.74, 6) is -0.730. The number of ether oxygens (including phenoxy) is 1. The summed E-state index contributed by atoms with van der Waals surface area (Å²) in [5.41, 5.74) is 0.305. The molecule has 2 N–H and O–H groups in total. The molecule has 4 aromatic rings. The zero-order chi connectivity index (χ0) is 24.4. The van der Waals surface area contributed by atoms with Gasteiger partial charge >= 0.3 is 0 Å². The lowest BCUT2D eigenvalue weighted by molar-refractivity contribution is 0.0958. The predicted octanol–water partition coefficient (Wildman–Crippen LogP) is 3.17. The minimum absolute atomic E-state index is 0.0186. The van der Waals surface area contributed by atoms with Crippen molar-refractivity contribution in [2.45, 2.75) is 19.9 Å². The molecule has 3 aromatic heterocycles. The first-order valence-electron chi connectivity index (χ1n) is 10.3. The fourth-order valence-electron chi connectivity index (χ4n) is 3.45. The molecule has 0 bridgehead atoms. The third-order valence-electron chi connectivity index (χ3n) is 5.13. The van der Waals surface area contributed by atoms with Crippen LogP contribution in [0.3, 0.4) is 0 Å². The molecule has 0 spiro atoms. The molecule has 0 atom stereocenters. The van der Waals surface area contributed by atoms with Crippen LogP contribution in [0.2, 0.25) is 0 Å². The van der Waals surface area contributed by atoms with Gasteiger partial charge in [-0.2, -0.15) is 10.2 Å². The Balaban J connectivity index is 1.81. The summed E-state index contributed by atoms with van der Waals surface area (Å²) in [6.45, 7) is 2.30. The number of carbonyl (C=O) groups excluding carboxylic acids is 2. The SMILES string of the molecule is CCn1cc(NC(=O)c2cnn3c(C(F)F)cc(-c4ccccc4OC)nc23)c(C(=O)NC)n1. The number of alkyl halides is 2. The fourth-order valence-corrected chi connectivity index (χ4v) is 3.45. The molecule has 0 aliphatic rings. The second-order valence-corrected chi connectivity index (χ2v) is 7.14. The van der Waals surface area contributed by atoms with Crippen molar-refractivity contribution in [2.75, 3.05) is 19.5 Å². The third kappa shape index (κ3) is 4.05. The normalized spacial score (nSPS) is 11.1. The number of para-hydroxylation sites is 1. The number of methoxy groups -OCH3 is 1. The van der Waals surface area contributed by atoms with Crippen LogP contribution in [0, 0.1) is 0 Å². The first-order chi connectivity index (χ1) is 16.4. The van der Waals surface area contributed by atoms with E-state index in [2.05, 4.69) is 25.8 Å². The number of hydrogen-bond acceptors (Lipinski definition) is 6. The van der Waals surface area contributed by atoms with E-state index in [1.807, 2.05) is 6.92 Å². The number of hydrogen-bond donors (Lipinski definition) is 2. The topological polar surface area (TPSA) is 115 Å². The van der Waals surface area contributed by atoms with Gasteiger partial charge in [0.15, 0.2) is 11.3 Å². The Hall–Kier alpha value is -4.35. The maximum absolute atomic E-state index is 13.9. The minimum atomic E-state index is -2.88. The fraction of sp³-hybridized carbons (Fsp3) is 0.227. The lowest BCUT2D eigenvalue weighted by atomic mass is 10.1. The van der Waals surface area contributed by atoms with Crippen LogP contribution in [0.25, 0.3) is 16.9 Å². The first-order valence-corrected chi connectivity index (χ1v) is 10.3. The molecular formula is C22H21F2N7O3. The van der Waals surface area contributed by atoms with Gasteiger partial charge in [-0.25, -0.2) is 18.3 Å². The largest absolute Gasteiger partial charge is 0.496 e. The van der Waals surface area contributed by atoms with Crippen LogP contribution >= 0.6 is 0 Å². The highest BCUT2D eigenvalue weighted by Gasteiger charge is 2.24. The van der Waals surface area contributed by atoms with Gasteiger partial charge in [-0.1, -0.05) is 12.1 Å². The third-order valence-corrected chi connectivity index (χ3v) is 5.13. The highest BCUT2D eigenvalue weighted by Crippen LogP contribution is 2.32. The smallest absolute Gasteiger partial charge is 0.280 e. The summed E-state index contributed by atoms with van der Waals surface area (Å²) in [7, 11) is 2.91. The number of benzene rings is 1.